The van der Waals surface area contributed by atoms with Gasteiger partial charge in [0.15, 0.2) is 0 Å². The van der Waals surface area contributed by atoms with Gasteiger partial charge in [0.1, 0.15) is 0 Å². The Morgan fingerprint density at radius 3 is 1.01 bits per heavy atom. The average Bonchev–Trinajstić information content (AvgIpc) is 3.90. The fourth-order valence-electron chi connectivity index (χ4n) is 5.81. The monoisotopic (exact) mass is 1150 g/mol. The molecule has 0 unspecified atom stereocenters. The molecule has 7 aromatic rings. The van der Waals surface area contributed by atoms with Crippen LogP contribution >= 0.6 is 0 Å². The van der Waals surface area contributed by atoms with Gasteiger partial charge in [0.05, 0.1) is 92.9 Å². The predicted octanol–water partition coefficient (Wildman–Crippen LogP) is 16.9. The van der Waals surface area contributed by atoms with E-state index < -0.39 is 87.3 Å². The Balaban J connectivity index is 0.000000874. The van der Waals surface area contributed by atoms with E-state index in [9.17, 15) is 65.9 Å². The first-order chi connectivity index (χ1) is 34.4. The van der Waals surface area contributed by atoms with Gasteiger partial charge < -0.3 is 11.9 Å². The molecule has 0 aliphatic heterocycles. The van der Waals surface area contributed by atoms with Crippen molar-refractivity contribution in [3.05, 3.63) is 251 Å². The summed E-state index contributed by atoms with van der Waals surface area (Å²) in [6.07, 6.45) is 10.7. The van der Waals surface area contributed by atoms with Gasteiger partial charge in [0.2, 0.25) is 0 Å². The molecular formula is C56H48AlF15N2Zr. The first-order valence-electron chi connectivity index (χ1n) is 21.9. The molecule has 0 N–H and O–H groups in total. The number of hydrogen-bond donors (Lipinski definition) is 0. The standard InChI is InChI=1S/C17H21N2.C7H13.2C7H7.3C6F5.Al.Zr/c1-12(2)15-8-5-9-16(13(3)4)17(15)19-11-14-7-6-10-18-14;3*1-7-5-3-2-4-6-7;3*7-2-1-3(8)5(10)6(11)4(2)9;;/h5-13H,1-4H3;7H,1-6H2;2*2-6H,1H2;;;;;/q7*-1;+3;+4. The van der Waals surface area contributed by atoms with E-state index in [0.29, 0.717) is 11.8 Å². The van der Waals surface area contributed by atoms with Crippen molar-refractivity contribution in [3.8, 4) is 0 Å². The number of aromatic nitrogens is 1. The maximum absolute atomic E-state index is 12.0. The zero-order valence-corrected chi connectivity index (χ0v) is 44.5. The van der Waals surface area contributed by atoms with Crippen LogP contribution in [0, 0.1) is 132 Å². The van der Waals surface area contributed by atoms with Gasteiger partial charge >= 0.3 is 43.6 Å². The zero-order valence-electron chi connectivity index (χ0n) is 40.8. The van der Waals surface area contributed by atoms with E-state index >= 15 is 0 Å². The smallest absolute Gasteiger partial charge is 0.663 e. The molecule has 2 nitrogen and oxygen atoms in total. The number of rotatable bonds is 4. The van der Waals surface area contributed by atoms with Gasteiger partial charge in [0, 0.05) is 6.21 Å². The maximum atomic E-state index is 12.0. The summed E-state index contributed by atoms with van der Waals surface area (Å²) in [5, 5.41) is 0. The number of para-hydroxylation sites is 1. The van der Waals surface area contributed by atoms with E-state index in [-0.39, 0.29) is 43.6 Å². The second-order valence-electron chi connectivity index (χ2n) is 16.0. The summed E-state index contributed by atoms with van der Waals surface area (Å²) >= 11 is 0. The van der Waals surface area contributed by atoms with Crippen LogP contribution < -0.4 is 4.98 Å². The molecule has 0 spiro atoms. The van der Waals surface area contributed by atoms with Gasteiger partial charge in [-0.05, 0) is 23.0 Å². The van der Waals surface area contributed by atoms with Crippen LogP contribution in [0.15, 0.2) is 102 Å². The topological polar surface area (TPSA) is 26.5 Å². The first-order valence-corrected chi connectivity index (χ1v) is 21.9. The fourth-order valence-corrected chi connectivity index (χ4v) is 5.81. The Hall–Kier alpha value is -5.62. The van der Waals surface area contributed by atoms with E-state index in [1.54, 1.807) is 6.20 Å². The van der Waals surface area contributed by atoms with Crippen LogP contribution in [0.2, 0.25) is 0 Å². The molecule has 1 aliphatic rings. The van der Waals surface area contributed by atoms with Gasteiger partial charge in [-0.2, -0.15) is 61.4 Å². The first kappa shape index (κ1) is 69.4. The molecule has 75 heavy (non-hydrogen) atoms. The normalized spacial score (nSPS) is 11.5. The molecule has 6 aromatic carbocycles. The third-order valence-electron chi connectivity index (χ3n) is 9.63. The van der Waals surface area contributed by atoms with Crippen LogP contribution in [0.4, 0.5) is 71.5 Å². The molecule has 394 valence electrons. The van der Waals surface area contributed by atoms with Crippen molar-refractivity contribution in [1.29, 1.82) is 0 Å². The van der Waals surface area contributed by atoms with Crippen molar-refractivity contribution < 1.29 is 92.1 Å². The van der Waals surface area contributed by atoms with E-state index in [1.807, 2.05) is 79.0 Å². The number of aliphatic imine (C=N–C) groups is 1. The molecule has 1 aliphatic carbocycles. The minimum Gasteiger partial charge on any atom is -0.663 e. The van der Waals surface area contributed by atoms with E-state index in [4.69, 9.17) is 4.99 Å². The van der Waals surface area contributed by atoms with Gasteiger partial charge in [-0.25, -0.2) is 39.5 Å². The third kappa shape index (κ3) is 23.9. The largest absolute Gasteiger partial charge is 4.00 e. The van der Waals surface area contributed by atoms with E-state index in [1.165, 1.54) is 43.2 Å². The maximum Gasteiger partial charge on any atom is 4.00 e. The summed E-state index contributed by atoms with van der Waals surface area (Å²) in [5.74, 6) is -28.4. The summed E-state index contributed by atoms with van der Waals surface area (Å²) in [4.78, 5) is 8.93. The van der Waals surface area contributed by atoms with Crippen LogP contribution in [0.25, 0.3) is 0 Å². The minimum absolute atomic E-state index is 0. The van der Waals surface area contributed by atoms with Crippen LogP contribution in [-0.2, 0) is 26.2 Å². The zero-order chi connectivity index (χ0) is 54.9. The molecule has 8 rings (SSSR count). The van der Waals surface area contributed by atoms with Crippen molar-refractivity contribution in [3.63, 3.8) is 0 Å². The fraction of sp³-hybridized carbons (Fsp3) is 0.214. The SMILES string of the molecule is CC(C)c1cccc(C(C)C)c1N=Cc1ccc[n-]1.Fc1[c-]c(F)c(F)c(F)c1F.Fc1[c-]c(F)c(F)c(F)c1F.Fc1[c-]c(F)c(F)c(F)c1F.[Al+3].[CH2-]C1CCCCC1.[CH2-]c1ccccc1.[CH2-]c1ccccc1.[Zr+4]. The third-order valence-corrected chi connectivity index (χ3v) is 9.63. The quantitative estimate of drug-likeness (QED) is 0.0431. The second-order valence-corrected chi connectivity index (χ2v) is 16.0. The van der Waals surface area contributed by atoms with Crippen LogP contribution in [0.3, 0.4) is 0 Å². The molecule has 0 atom stereocenters. The summed E-state index contributed by atoms with van der Waals surface area (Å²) < 4.78 is 180. The summed E-state index contributed by atoms with van der Waals surface area (Å²) in [6, 6.07) is 33.2. The molecule has 19 heteroatoms. The molecule has 0 amide bonds. The van der Waals surface area contributed by atoms with Gasteiger partial charge in [-0.1, -0.05) is 102 Å². The predicted molar refractivity (Wildman–Crippen MR) is 256 cm³/mol. The second kappa shape index (κ2) is 35.6. The Kier molecular flexibility index (Phi) is 32.9. The van der Waals surface area contributed by atoms with Crippen molar-refractivity contribution in [2.75, 3.05) is 0 Å². The molecule has 1 heterocycles. The summed E-state index contributed by atoms with van der Waals surface area (Å²) in [5.41, 5.74) is 6.76. The van der Waals surface area contributed by atoms with Gasteiger partial charge in [-0.3, -0.25) is 31.3 Å². The molecule has 0 bridgehead atoms. The van der Waals surface area contributed by atoms with Crippen LogP contribution in [0.5, 0.6) is 0 Å². The van der Waals surface area contributed by atoms with Crippen molar-refractivity contribution >= 4 is 29.3 Å². The minimum atomic E-state index is -2.17. The molecule has 1 aromatic heterocycles. The molecular weight excluding hydrogens is 1100 g/mol. The average molecular weight is 1150 g/mol. The van der Waals surface area contributed by atoms with Crippen LogP contribution in [0.1, 0.15) is 99.6 Å². The van der Waals surface area contributed by atoms with Crippen molar-refractivity contribution in [2.24, 2.45) is 10.9 Å². The molecule has 1 fully saturated rings. The Morgan fingerprint density at radius 2 is 0.787 bits per heavy atom. The summed E-state index contributed by atoms with van der Waals surface area (Å²) in [7, 11) is 0. The number of nitrogens with zero attached hydrogens (tertiary/aromatic N) is 2. The molecule has 1 saturated carbocycles. The Bertz CT molecular complexity index is 2480. The van der Waals surface area contributed by atoms with Crippen molar-refractivity contribution in [1.82, 2.24) is 4.98 Å². The Labute approximate surface area is 457 Å². The Morgan fingerprint density at radius 1 is 0.467 bits per heavy atom. The van der Waals surface area contributed by atoms with E-state index in [2.05, 4.69) is 71.6 Å². The number of halogens is 15. The van der Waals surface area contributed by atoms with Gasteiger partial charge in [0.25, 0.3) is 0 Å². The van der Waals surface area contributed by atoms with Crippen molar-refractivity contribution in [2.45, 2.75) is 71.6 Å². The molecule has 0 saturated heterocycles. The molecule has 0 radical (unpaired) electrons. The van der Waals surface area contributed by atoms with Gasteiger partial charge in [-0.15, -0.1) is 48.2 Å². The summed E-state index contributed by atoms with van der Waals surface area (Å²) in [6.45, 7) is 20.3. The van der Waals surface area contributed by atoms with E-state index in [0.717, 1.165) is 46.6 Å². The number of benzene rings is 6. The van der Waals surface area contributed by atoms with Crippen LogP contribution in [-0.4, -0.2) is 23.6 Å². The number of hydrogen-bond acceptors (Lipinski definition) is 1.